The van der Waals surface area contributed by atoms with Gasteiger partial charge in [-0.3, -0.25) is 4.79 Å². The van der Waals surface area contributed by atoms with E-state index < -0.39 is 11.9 Å². The summed E-state index contributed by atoms with van der Waals surface area (Å²) < 4.78 is 2.14. The maximum atomic E-state index is 11.6. The summed E-state index contributed by atoms with van der Waals surface area (Å²) in [5, 5.41) is 10.6. The van der Waals surface area contributed by atoms with Crippen LogP contribution in [0.25, 0.3) is 22.0 Å². The molecule has 0 aliphatic rings. The molecule has 0 saturated heterocycles. The first kappa shape index (κ1) is 17.2. The molecule has 4 heteroatoms. The van der Waals surface area contributed by atoms with E-state index in [0.717, 1.165) is 33.3 Å². The van der Waals surface area contributed by atoms with E-state index in [-0.39, 0.29) is 0 Å². The molecule has 130 valence electrons. The highest BCUT2D eigenvalue weighted by Gasteiger charge is 2.22. The molecule has 0 aliphatic heterocycles. The molecule has 1 atom stereocenters. The largest absolute Gasteiger partial charge is 0.481 e. The molecule has 0 amide bonds. The second-order valence-corrected chi connectivity index (χ2v) is 6.54. The van der Waals surface area contributed by atoms with E-state index in [1.807, 2.05) is 25.2 Å². The maximum Gasteiger partial charge on any atom is 0.306 e. The van der Waals surface area contributed by atoms with Gasteiger partial charge in [0.2, 0.25) is 0 Å². The van der Waals surface area contributed by atoms with Crippen LogP contribution < -0.4 is 5.73 Å². The van der Waals surface area contributed by atoms with Crippen molar-refractivity contribution >= 4 is 16.9 Å². The average molecular weight is 336 g/mol. The smallest absolute Gasteiger partial charge is 0.306 e. The quantitative estimate of drug-likeness (QED) is 0.720. The number of nitrogens with zero attached hydrogens (tertiary/aromatic N) is 1. The van der Waals surface area contributed by atoms with E-state index in [0.29, 0.717) is 19.4 Å². The lowest BCUT2D eigenvalue weighted by atomic mass is 9.93. The predicted molar refractivity (Wildman–Crippen MR) is 102 cm³/mol. The van der Waals surface area contributed by atoms with E-state index in [4.69, 9.17) is 5.73 Å². The molecule has 0 saturated carbocycles. The monoisotopic (exact) mass is 336 g/mol. The second-order valence-electron chi connectivity index (χ2n) is 6.54. The molecule has 0 spiro atoms. The van der Waals surface area contributed by atoms with Crippen molar-refractivity contribution in [3.63, 3.8) is 0 Å². The zero-order valence-electron chi connectivity index (χ0n) is 14.7. The number of rotatable bonds is 6. The number of nitrogens with two attached hydrogens (primary N) is 1. The van der Waals surface area contributed by atoms with Crippen molar-refractivity contribution in [3.8, 4) is 11.1 Å². The number of carboxylic acids is 1. The fraction of sp³-hybridized carbons (Fsp3) is 0.286. The molecule has 0 radical (unpaired) electrons. The third-order valence-corrected chi connectivity index (χ3v) is 5.04. The number of carboxylic acid groups (broad SMARTS) is 1. The van der Waals surface area contributed by atoms with Crippen molar-refractivity contribution < 1.29 is 9.90 Å². The molecule has 0 bridgehead atoms. The average Bonchev–Trinajstić information content (AvgIpc) is 2.86. The number of aryl methyl sites for hydroxylation is 1. The van der Waals surface area contributed by atoms with Crippen molar-refractivity contribution in [1.82, 2.24) is 4.57 Å². The third kappa shape index (κ3) is 3.30. The Morgan fingerprint density at radius 1 is 1.16 bits per heavy atom. The van der Waals surface area contributed by atoms with Crippen LogP contribution in [0.5, 0.6) is 0 Å². The summed E-state index contributed by atoms with van der Waals surface area (Å²) in [5.41, 5.74) is 11.3. The van der Waals surface area contributed by atoms with Gasteiger partial charge in [0.15, 0.2) is 0 Å². The summed E-state index contributed by atoms with van der Waals surface area (Å²) in [6, 6.07) is 16.6. The standard InChI is InChI=1S/C21H24N2O2/c1-14-18(13-17(10-11-22)21(24)25)19-12-16(8-9-20(19)23(14)2)15-6-4-3-5-7-15/h3-9,12,17H,10-11,13,22H2,1-2H3,(H,24,25). The summed E-state index contributed by atoms with van der Waals surface area (Å²) in [4.78, 5) is 11.6. The fourth-order valence-corrected chi connectivity index (χ4v) is 3.48. The molecule has 25 heavy (non-hydrogen) atoms. The summed E-state index contributed by atoms with van der Waals surface area (Å²) >= 11 is 0. The van der Waals surface area contributed by atoms with Gasteiger partial charge in [0.25, 0.3) is 0 Å². The Balaban J connectivity index is 2.10. The van der Waals surface area contributed by atoms with Crippen molar-refractivity contribution in [2.45, 2.75) is 19.8 Å². The lowest BCUT2D eigenvalue weighted by molar-refractivity contribution is -0.141. The molecule has 0 aliphatic carbocycles. The predicted octanol–water partition coefficient (Wildman–Crippen LogP) is 3.75. The van der Waals surface area contributed by atoms with Gasteiger partial charge in [-0.05, 0) is 55.1 Å². The summed E-state index contributed by atoms with van der Waals surface area (Å²) in [6.07, 6.45) is 0.998. The lowest BCUT2D eigenvalue weighted by Gasteiger charge is -2.12. The van der Waals surface area contributed by atoms with Crippen molar-refractivity contribution in [2.75, 3.05) is 6.54 Å². The molecule has 3 N–H and O–H groups in total. The van der Waals surface area contributed by atoms with Gasteiger partial charge in [0.1, 0.15) is 0 Å². The molecule has 0 fully saturated rings. The minimum Gasteiger partial charge on any atom is -0.481 e. The number of carbonyl (C=O) groups is 1. The van der Waals surface area contributed by atoms with Gasteiger partial charge >= 0.3 is 5.97 Å². The highest BCUT2D eigenvalue weighted by molar-refractivity contribution is 5.90. The minimum atomic E-state index is -0.777. The number of aliphatic carboxylic acids is 1. The zero-order valence-corrected chi connectivity index (χ0v) is 14.7. The van der Waals surface area contributed by atoms with Gasteiger partial charge in [-0.15, -0.1) is 0 Å². The number of hydrogen-bond donors (Lipinski definition) is 2. The molecule has 1 heterocycles. The van der Waals surface area contributed by atoms with Gasteiger partial charge in [0.05, 0.1) is 5.92 Å². The zero-order chi connectivity index (χ0) is 18.0. The van der Waals surface area contributed by atoms with Crippen LogP contribution in [0.2, 0.25) is 0 Å². The van der Waals surface area contributed by atoms with Gasteiger partial charge < -0.3 is 15.4 Å². The second kappa shape index (κ2) is 7.11. The Morgan fingerprint density at radius 2 is 1.88 bits per heavy atom. The SMILES string of the molecule is Cc1c(CC(CCN)C(=O)O)c2cc(-c3ccccc3)ccc2n1C. The van der Waals surface area contributed by atoms with Crippen LogP contribution in [0.1, 0.15) is 17.7 Å². The van der Waals surface area contributed by atoms with Crippen molar-refractivity contribution in [3.05, 3.63) is 59.8 Å². The first-order chi connectivity index (χ1) is 12.0. The third-order valence-electron chi connectivity index (χ3n) is 5.04. The fourth-order valence-electron chi connectivity index (χ4n) is 3.48. The number of benzene rings is 2. The Labute approximate surface area is 147 Å². The number of fused-ring (bicyclic) bond motifs is 1. The Bertz CT molecular complexity index is 897. The summed E-state index contributed by atoms with van der Waals surface area (Å²) in [5.74, 6) is -1.23. The molecule has 2 aromatic carbocycles. The topological polar surface area (TPSA) is 68.2 Å². The first-order valence-corrected chi connectivity index (χ1v) is 8.59. The maximum absolute atomic E-state index is 11.6. The van der Waals surface area contributed by atoms with Gasteiger partial charge in [0, 0.05) is 23.6 Å². The van der Waals surface area contributed by atoms with Crippen LogP contribution in [-0.2, 0) is 18.3 Å². The van der Waals surface area contributed by atoms with Crippen LogP contribution in [0.15, 0.2) is 48.5 Å². The number of hydrogen-bond acceptors (Lipinski definition) is 2. The van der Waals surface area contributed by atoms with Crippen molar-refractivity contribution in [1.29, 1.82) is 0 Å². The molecular weight excluding hydrogens is 312 g/mol. The Hall–Kier alpha value is -2.59. The molecule has 4 nitrogen and oxygen atoms in total. The van der Waals surface area contributed by atoms with Gasteiger partial charge in [-0.1, -0.05) is 36.4 Å². The van der Waals surface area contributed by atoms with E-state index in [1.54, 1.807) is 0 Å². The molecule has 1 unspecified atom stereocenters. The van der Waals surface area contributed by atoms with E-state index >= 15 is 0 Å². The van der Waals surface area contributed by atoms with Crippen LogP contribution in [0.4, 0.5) is 0 Å². The molecule has 3 aromatic rings. The van der Waals surface area contributed by atoms with Crippen molar-refractivity contribution in [2.24, 2.45) is 18.7 Å². The van der Waals surface area contributed by atoms with Crippen LogP contribution in [0, 0.1) is 12.8 Å². The summed E-state index contributed by atoms with van der Waals surface area (Å²) in [7, 11) is 2.03. The molecule has 3 rings (SSSR count). The number of aromatic nitrogens is 1. The van der Waals surface area contributed by atoms with Gasteiger partial charge in [-0.2, -0.15) is 0 Å². The van der Waals surface area contributed by atoms with Crippen LogP contribution >= 0.6 is 0 Å². The highest BCUT2D eigenvalue weighted by atomic mass is 16.4. The van der Waals surface area contributed by atoms with E-state index in [2.05, 4.69) is 41.8 Å². The van der Waals surface area contributed by atoms with E-state index in [1.165, 1.54) is 0 Å². The van der Waals surface area contributed by atoms with E-state index in [9.17, 15) is 9.90 Å². The first-order valence-electron chi connectivity index (χ1n) is 8.59. The Morgan fingerprint density at radius 3 is 2.52 bits per heavy atom. The summed E-state index contributed by atoms with van der Waals surface area (Å²) in [6.45, 7) is 2.44. The van der Waals surface area contributed by atoms with Gasteiger partial charge in [-0.25, -0.2) is 0 Å². The Kier molecular flexibility index (Phi) is 4.91. The normalized spacial score (nSPS) is 12.4. The molecular formula is C21H24N2O2. The van der Waals surface area contributed by atoms with Crippen LogP contribution in [0.3, 0.4) is 0 Å². The lowest BCUT2D eigenvalue weighted by Crippen LogP contribution is -2.20. The molecule has 1 aromatic heterocycles. The van der Waals surface area contributed by atoms with Crippen LogP contribution in [-0.4, -0.2) is 22.2 Å². The minimum absolute atomic E-state index is 0.385. The highest BCUT2D eigenvalue weighted by Crippen LogP contribution is 2.32.